The SMILES string of the molecule is CC(=O)NCC1CN(c2ccc(OC3CN(c4nc5c(cc4F)c(=O)c(C(=O)O)cn5C4CC4)C3)c(F)c2)C(=O)O1. The first kappa shape index (κ1) is 26.5. The number of benzene rings is 1. The topological polar surface area (TPSA) is 143 Å². The van der Waals surface area contributed by atoms with Crippen molar-refractivity contribution in [3.05, 3.63) is 57.9 Å². The molecule has 4 heterocycles. The van der Waals surface area contributed by atoms with Gasteiger partial charge in [0, 0.05) is 25.2 Å². The van der Waals surface area contributed by atoms with Gasteiger partial charge in [0.1, 0.15) is 23.4 Å². The van der Waals surface area contributed by atoms with Crippen molar-refractivity contribution in [3.8, 4) is 5.75 Å². The van der Waals surface area contributed by atoms with Crippen molar-refractivity contribution in [1.29, 1.82) is 0 Å². The average molecular weight is 570 g/mol. The lowest BCUT2D eigenvalue weighted by molar-refractivity contribution is -0.119. The van der Waals surface area contributed by atoms with Crippen LogP contribution in [0.15, 0.2) is 35.3 Å². The van der Waals surface area contributed by atoms with Crippen LogP contribution >= 0.6 is 0 Å². The van der Waals surface area contributed by atoms with Crippen LogP contribution in [-0.2, 0) is 9.53 Å². The lowest BCUT2D eigenvalue weighted by atomic mass is 10.1. The second kappa shape index (κ2) is 10.0. The minimum atomic E-state index is -1.38. The van der Waals surface area contributed by atoms with Gasteiger partial charge in [-0.15, -0.1) is 0 Å². The van der Waals surface area contributed by atoms with Crippen LogP contribution in [0.25, 0.3) is 11.0 Å². The maximum Gasteiger partial charge on any atom is 0.414 e. The number of fused-ring (bicyclic) bond motifs is 1. The Morgan fingerprint density at radius 2 is 1.90 bits per heavy atom. The van der Waals surface area contributed by atoms with Gasteiger partial charge in [-0.1, -0.05) is 0 Å². The largest absolute Gasteiger partial charge is 0.484 e. The summed E-state index contributed by atoms with van der Waals surface area (Å²) in [6.45, 7) is 2.03. The van der Waals surface area contributed by atoms with E-state index in [9.17, 15) is 28.7 Å². The molecule has 0 spiro atoms. The van der Waals surface area contributed by atoms with Crippen molar-refractivity contribution >= 4 is 40.5 Å². The highest BCUT2D eigenvalue weighted by Gasteiger charge is 2.35. The number of nitrogens with one attached hydrogen (secondary N) is 1. The summed E-state index contributed by atoms with van der Waals surface area (Å²) < 4.78 is 42.5. The Morgan fingerprint density at radius 1 is 1.15 bits per heavy atom. The van der Waals surface area contributed by atoms with Gasteiger partial charge in [0.05, 0.1) is 37.3 Å². The van der Waals surface area contributed by atoms with Gasteiger partial charge in [-0.05, 0) is 31.0 Å². The predicted octanol–water partition coefficient (Wildman–Crippen LogP) is 2.44. The highest BCUT2D eigenvalue weighted by molar-refractivity contribution is 5.92. The summed E-state index contributed by atoms with van der Waals surface area (Å²) in [4.78, 5) is 54.7. The fraction of sp³-hybridized carbons (Fsp3) is 0.370. The number of ether oxygens (including phenoxy) is 2. The van der Waals surface area contributed by atoms with E-state index in [1.807, 2.05) is 0 Å². The summed E-state index contributed by atoms with van der Waals surface area (Å²) in [6, 6.07) is 5.07. The summed E-state index contributed by atoms with van der Waals surface area (Å²) in [5.41, 5.74) is -0.743. The highest BCUT2D eigenvalue weighted by Crippen LogP contribution is 2.37. The van der Waals surface area contributed by atoms with Crippen LogP contribution in [0.4, 0.5) is 25.1 Å². The first-order chi connectivity index (χ1) is 19.6. The molecule has 1 atom stereocenters. The van der Waals surface area contributed by atoms with Gasteiger partial charge in [0.25, 0.3) is 0 Å². The third kappa shape index (κ3) is 5.00. The highest BCUT2D eigenvalue weighted by atomic mass is 19.1. The number of carbonyl (C=O) groups is 3. The third-order valence-electron chi connectivity index (χ3n) is 7.23. The number of cyclic esters (lactones) is 1. The van der Waals surface area contributed by atoms with Crippen LogP contribution in [0.5, 0.6) is 5.75 Å². The van der Waals surface area contributed by atoms with Gasteiger partial charge in [-0.3, -0.25) is 14.5 Å². The Labute approximate surface area is 231 Å². The Bertz CT molecular complexity index is 1650. The van der Waals surface area contributed by atoms with E-state index >= 15 is 4.39 Å². The number of carbonyl (C=O) groups excluding carboxylic acids is 2. The van der Waals surface area contributed by atoms with Crippen LogP contribution in [0.3, 0.4) is 0 Å². The van der Waals surface area contributed by atoms with Crippen LogP contribution in [0.1, 0.15) is 36.2 Å². The molecule has 1 saturated carbocycles. The molecule has 2 aliphatic heterocycles. The van der Waals surface area contributed by atoms with Gasteiger partial charge in [-0.2, -0.15) is 0 Å². The number of hydrogen-bond donors (Lipinski definition) is 2. The minimum absolute atomic E-state index is 0.00796. The number of halogens is 2. The summed E-state index contributed by atoms with van der Waals surface area (Å²) in [6.07, 6.45) is 1.16. The summed E-state index contributed by atoms with van der Waals surface area (Å²) in [7, 11) is 0. The van der Waals surface area contributed by atoms with Gasteiger partial charge in [-0.25, -0.2) is 23.4 Å². The second-order valence-corrected chi connectivity index (χ2v) is 10.3. The van der Waals surface area contributed by atoms with Gasteiger partial charge < -0.3 is 29.4 Å². The molecule has 41 heavy (non-hydrogen) atoms. The van der Waals surface area contributed by atoms with Crippen LogP contribution < -0.4 is 25.3 Å². The van der Waals surface area contributed by atoms with E-state index in [0.29, 0.717) is 0 Å². The number of hydrogen-bond acceptors (Lipinski definition) is 8. The molecule has 1 aromatic carbocycles. The zero-order valence-electron chi connectivity index (χ0n) is 21.8. The Kier molecular flexibility index (Phi) is 6.47. The molecule has 2 saturated heterocycles. The minimum Gasteiger partial charge on any atom is -0.484 e. The normalized spacial score (nSPS) is 18.8. The first-order valence-corrected chi connectivity index (χ1v) is 13.0. The van der Waals surface area contributed by atoms with E-state index < -0.39 is 46.9 Å². The fourth-order valence-electron chi connectivity index (χ4n) is 4.96. The van der Waals surface area contributed by atoms with Gasteiger partial charge in [0.2, 0.25) is 11.3 Å². The van der Waals surface area contributed by atoms with Crippen LogP contribution in [-0.4, -0.2) is 71.0 Å². The van der Waals surface area contributed by atoms with Crippen molar-refractivity contribution in [2.45, 2.75) is 38.0 Å². The molecule has 1 aliphatic carbocycles. The first-order valence-electron chi connectivity index (χ1n) is 13.0. The number of anilines is 2. The molecule has 0 radical (unpaired) electrons. The van der Waals surface area contributed by atoms with Crippen LogP contribution in [0, 0.1) is 11.6 Å². The number of pyridine rings is 2. The second-order valence-electron chi connectivity index (χ2n) is 10.3. The standard InChI is InChI=1S/C27H25F2N5O7/c1-13(35)30-8-16-11-34(27(39)41-16)15-4-5-22(20(28)6-15)40-17-9-32(10-17)25-21(29)7-18-23(36)19(26(37)38)12-33(14-2-3-14)24(18)31-25/h4-7,12,14,16-17H,2-3,8-11H2,1H3,(H,30,35)(H,37,38). The zero-order chi connectivity index (χ0) is 29.0. The van der Waals surface area contributed by atoms with E-state index in [1.165, 1.54) is 30.2 Å². The molecule has 12 nitrogen and oxygen atoms in total. The van der Waals surface area contributed by atoms with Crippen molar-refractivity contribution in [1.82, 2.24) is 14.9 Å². The lowest BCUT2D eigenvalue weighted by Crippen LogP contribution is -2.54. The van der Waals surface area contributed by atoms with E-state index in [0.717, 1.165) is 25.0 Å². The molecular weight excluding hydrogens is 544 g/mol. The number of nitrogens with zero attached hydrogens (tertiary/aromatic N) is 4. The van der Waals surface area contributed by atoms with Crippen LogP contribution in [0.2, 0.25) is 0 Å². The molecule has 3 fully saturated rings. The number of aromatic nitrogens is 2. The molecule has 2 amide bonds. The predicted molar refractivity (Wildman–Crippen MR) is 141 cm³/mol. The molecule has 6 rings (SSSR count). The number of rotatable bonds is 8. The van der Waals surface area contributed by atoms with Crippen molar-refractivity contribution in [3.63, 3.8) is 0 Å². The number of aromatic carboxylic acids is 1. The number of amides is 2. The molecule has 214 valence electrons. The summed E-state index contributed by atoms with van der Waals surface area (Å²) in [5.74, 6) is -3.17. The molecule has 14 heteroatoms. The number of carboxylic acids is 1. The van der Waals surface area contributed by atoms with E-state index in [1.54, 1.807) is 9.47 Å². The van der Waals surface area contributed by atoms with E-state index in [4.69, 9.17) is 9.47 Å². The van der Waals surface area contributed by atoms with Gasteiger partial charge >= 0.3 is 12.1 Å². The van der Waals surface area contributed by atoms with E-state index in [2.05, 4.69) is 10.3 Å². The van der Waals surface area contributed by atoms with Crippen molar-refractivity contribution in [2.24, 2.45) is 0 Å². The Balaban J connectivity index is 1.14. The maximum absolute atomic E-state index is 15.0. The summed E-state index contributed by atoms with van der Waals surface area (Å²) in [5, 5.41) is 11.9. The van der Waals surface area contributed by atoms with Gasteiger partial charge in [0.15, 0.2) is 23.2 Å². The summed E-state index contributed by atoms with van der Waals surface area (Å²) >= 11 is 0. The Morgan fingerprint density at radius 3 is 2.56 bits per heavy atom. The molecule has 2 N–H and O–H groups in total. The van der Waals surface area contributed by atoms with Crippen molar-refractivity contribution in [2.75, 3.05) is 36.0 Å². The fourth-order valence-corrected chi connectivity index (χ4v) is 4.96. The molecule has 2 aromatic heterocycles. The monoisotopic (exact) mass is 569 g/mol. The van der Waals surface area contributed by atoms with E-state index in [-0.39, 0.29) is 66.4 Å². The smallest absolute Gasteiger partial charge is 0.414 e. The maximum atomic E-state index is 15.0. The Hall–Kier alpha value is -4.75. The quantitative estimate of drug-likeness (QED) is 0.418. The molecule has 1 unspecified atom stereocenters. The molecule has 3 aromatic rings. The molecule has 0 bridgehead atoms. The third-order valence-corrected chi connectivity index (χ3v) is 7.23. The number of carboxylic acid groups (broad SMARTS) is 1. The average Bonchev–Trinajstić information content (AvgIpc) is 3.67. The van der Waals surface area contributed by atoms with Crippen molar-refractivity contribution < 1.29 is 37.7 Å². The zero-order valence-corrected chi connectivity index (χ0v) is 21.8. The lowest BCUT2D eigenvalue weighted by Gasteiger charge is -2.40. The molecular formula is C27H25F2N5O7. The molecule has 3 aliphatic rings.